The maximum Gasteiger partial charge on any atom is 0.146 e. The van der Waals surface area contributed by atoms with Crippen molar-refractivity contribution in [2.45, 2.75) is 19.3 Å². The van der Waals surface area contributed by atoms with Gasteiger partial charge in [-0.25, -0.2) is 4.39 Å². The molecule has 1 unspecified atom stereocenters. The van der Waals surface area contributed by atoms with Gasteiger partial charge in [0, 0.05) is 6.20 Å². The Morgan fingerprint density at radius 1 is 1.82 bits per heavy atom. The molecule has 0 aromatic carbocycles. The number of aliphatic hydroxyl groups is 1. The van der Waals surface area contributed by atoms with Crippen LogP contribution >= 0.6 is 0 Å². The van der Waals surface area contributed by atoms with Crippen LogP contribution in [-0.4, -0.2) is 30.3 Å². The second kappa shape index (κ2) is 4.98. The lowest BCUT2D eigenvalue weighted by molar-refractivity contribution is 0.204. The van der Waals surface area contributed by atoms with E-state index in [2.05, 4.69) is 16.9 Å². The van der Waals surface area contributed by atoms with E-state index in [0.717, 1.165) is 0 Å². The van der Waals surface area contributed by atoms with Gasteiger partial charge in [0.1, 0.15) is 12.4 Å². The third-order valence-electron chi connectivity index (χ3n) is 1.20. The first-order chi connectivity index (χ1) is 5.13. The van der Waals surface area contributed by atoms with Gasteiger partial charge in [0.05, 0.1) is 5.71 Å². The van der Waals surface area contributed by atoms with E-state index >= 15 is 0 Å². The maximum absolute atomic E-state index is 12.6. The predicted molar refractivity (Wildman–Crippen MR) is 43.3 cm³/mol. The molecule has 0 aromatic heterocycles. The van der Waals surface area contributed by atoms with Crippen LogP contribution in [0.1, 0.15) is 6.92 Å². The summed E-state index contributed by atoms with van der Waals surface area (Å²) in [6, 6.07) is 0. The normalized spacial score (nSPS) is 17.6. The predicted octanol–water partition coefficient (Wildman–Crippen LogP) is 0.467. The summed E-state index contributed by atoms with van der Waals surface area (Å²) in [5.41, 5.74) is 0.0440. The van der Waals surface area contributed by atoms with Crippen LogP contribution in [-0.2, 0) is 0 Å². The van der Waals surface area contributed by atoms with Crippen molar-refractivity contribution >= 4 is 5.71 Å². The summed E-state index contributed by atoms with van der Waals surface area (Å²) < 4.78 is 12.6. The number of alkyl halides is 1. The average molecular weight is 160 g/mol. The molecule has 0 heterocycles. The first-order valence-electron chi connectivity index (χ1n) is 3.31. The van der Waals surface area contributed by atoms with Gasteiger partial charge in [-0.15, -0.1) is 0 Å². The molecule has 0 aliphatic carbocycles. The van der Waals surface area contributed by atoms with Crippen molar-refractivity contribution in [3.05, 3.63) is 12.8 Å². The van der Waals surface area contributed by atoms with Crippen molar-refractivity contribution in [3.8, 4) is 0 Å². The van der Waals surface area contributed by atoms with Gasteiger partial charge in [0.25, 0.3) is 0 Å². The number of nitrogens with zero attached hydrogens (tertiary/aromatic N) is 1. The summed E-state index contributed by atoms with van der Waals surface area (Å²) in [7, 11) is 1.52. The van der Waals surface area contributed by atoms with Crippen LogP contribution in [0.4, 0.5) is 4.39 Å². The molecule has 0 rings (SSSR count). The average Bonchev–Trinajstić information content (AvgIpc) is 1.98. The quantitative estimate of drug-likeness (QED) is 0.463. The number of halogens is 1. The molecule has 0 amide bonds. The Kier molecular flexibility index (Phi) is 4.65. The van der Waals surface area contributed by atoms with Crippen molar-refractivity contribution in [1.82, 2.24) is 5.32 Å². The fourth-order valence-corrected chi connectivity index (χ4v) is 0.644. The standard InChI is InChI=1S/C7H13FN2O/c1-4-10-6(5(2)8)7(11)9-3/h4-5,7,9,11H,1H2,2-3H3/t5-,7?/m1/s1. The highest BCUT2D eigenvalue weighted by Crippen LogP contribution is 1.97. The molecule has 0 spiro atoms. The summed E-state index contributed by atoms with van der Waals surface area (Å²) in [5.74, 6) is 0. The highest BCUT2D eigenvalue weighted by atomic mass is 19.1. The Hall–Kier alpha value is -0.740. The van der Waals surface area contributed by atoms with E-state index in [1.807, 2.05) is 0 Å². The van der Waals surface area contributed by atoms with Crippen molar-refractivity contribution in [2.75, 3.05) is 7.05 Å². The number of hydrogen-bond donors (Lipinski definition) is 2. The van der Waals surface area contributed by atoms with E-state index in [1.165, 1.54) is 20.2 Å². The van der Waals surface area contributed by atoms with Crippen LogP contribution in [0.25, 0.3) is 0 Å². The molecule has 0 saturated carbocycles. The molecule has 2 atom stereocenters. The van der Waals surface area contributed by atoms with E-state index in [-0.39, 0.29) is 5.71 Å². The van der Waals surface area contributed by atoms with Crippen LogP contribution in [0.15, 0.2) is 17.8 Å². The van der Waals surface area contributed by atoms with Crippen molar-refractivity contribution in [1.29, 1.82) is 0 Å². The summed E-state index contributed by atoms with van der Waals surface area (Å²) in [6.07, 6.45) is -1.10. The fraction of sp³-hybridized carbons (Fsp3) is 0.571. The zero-order valence-corrected chi connectivity index (χ0v) is 6.71. The largest absolute Gasteiger partial charge is 0.373 e. The van der Waals surface area contributed by atoms with Gasteiger partial charge in [0.15, 0.2) is 0 Å². The Balaban J connectivity index is 4.33. The van der Waals surface area contributed by atoms with Gasteiger partial charge < -0.3 is 5.11 Å². The summed E-state index contributed by atoms with van der Waals surface area (Å²) in [6.45, 7) is 4.61. The van der Waals surface area contributed by atoms with Gasteiger partial charge in [-0.3, -0.25) is 10.3 Å². The number of aliphatic imine (C=N–C) groups is 1. The smallest absolute Gasteiger partial charge is 0.146 e. The van der Waals surface area contributed by atoms with Crippen LogP contribution in [0, 0.1) is 0 Å². The van der Waals surface area contributed by atoms with Crippen LogP contribution in [0.3, 0.4) is 0 Å². The molecule has 0 aromatic rings. The van der Waals surface area contributed by atoms with Gasteiger partial charge in [-0.1, -0.05) is 6.58 Å². The highest BCUT2D eigenvalue weighted by molar-refractivity contribution is 5.92. The minimum atomic E-state index is -1.27. The number of aliphatic hydroxyl groups excluding tert-OH is 1. The zero-order chi connectivity index (χ0) is 8.85. The van der Waals surface area contributed by atoms with Gasteiger partial charge >= 0.3 is 0 Å². The fourth-order valence-electron chi connectivity index (χ4n) is 0.644. The van der Waals surface area contributed by atoms with E-state index in [9.17, 15) is 4.39 Å². The van der Waals surface area contributed by atoms with E-state index in [4.69, 9.17) is 5.11 Å². The number of hydrogen-bond acceptors (Lipinski definition) is 3. The summed E-state index contributed by atoms with van der Waals surface area (Å²) in [5, 5.41) is 11.6. The highest BCUT2D eigenvalue weighted by Gasteiger charge is 2.15. The lowest BCUT2D eigenvalue weighted by Gasteiger charge is -2.12. The van der Waals surface area contributed by atoms with E-state index in [1.54, 1.807) is 0 Å². The van der Waals surface area contributed by atoms with Gasteiger partial charge in [0.2, 0.25) is 0 Å². The molecular formula is C7H13FN2O. The monoisotopic (exact) mass is 160 g/mol. The molecule has 0 radical (unpaired) electrons. The minimum Gasteiger partial charge on any atom is -0.373 e. The minimum absolute atomic E-state index is 0.0440. The Bertz CT molecular complexity index is 157. The van der Waals surface area contributed by atoms with Gasteiger partial charge in [-0.2, -0.15) is 0 Å². The lowest BCUT2D eigenvalue weighted by atomic mass is 10.2. The first-order valence-corrected chi connectivity index (χ1v) is 3.31. The molecule has 0 aliphatic heterocycles. The molecule has 4 heteroatoms. The Morgan fingerprint density at radius 2 is 2.36 bits per heavy atom. The third kappa shape index (κ3) is 3.25. The second-order valence-electron chi connectivity index (χ2n) is 2.04. The summed E-state index contributed by atoms with van der Waals surface area (Å²) in [4.78, 5) is 3.59. The molecular weight excluding hydrogens is 147 g/mol. The van der Waals surface area contributed by atoms with E-state index < -0.39 is 12.4 Å². The first kappa shape index (κ1) is 10.3. The molecule has 0 saturated heterocycles. The third-order valence-corrected chi connectivity index (χ3v) is 1.20. The van der Waals surface area contributed by atoms with E-state index in [0.29, 0.717) is 0 Å². The topological polar surface area (TPSA) is 44.6 Å². The molecule has 64 valence electrons. The number of rotatable bonds is 4. The lowest BCUT2D eigenvalue weighted by Crippen LogP contribution is -2.38. The van der Waals surface area contributed by atoms with Crippen molar-refractivity contribution in [3.63, 3.8) is 0 Å². The van der Waals surface area contributed by atoms with Gasteiger partial charge in [-0.05, 0) is 14.0 Å². The Labute approximate surface area is 65.6 Å². The molecule has 3 nitrogen and oxygen atoms in total. The Morgan fingerprint density at radius 3 is 2.64 bits per heavy atom. The number of nitrogens with one attached hydrogen (secondary N) is 1. The molecule has 2 N–H and O–H groups in total. The van der Waals surface area contributed by atoms with Crippen LogP contribution < -0.4 is 5.32 Å². The van der Waals surface area contributed by atoms with Crippen molar-refractivity contribution in [2.24, 2.45) is 4.99 Å². The second-order valence-corrected chi connectivity index (χ2v) is 2.04. The molecule has 0 bridgehead atoms. The zero-order valence-electron chi connectivity index (χ0n) is 6.71. The van der Waals surface area contributed by atoms with Crippen LogP contribution in [0.2, 0.25) is 0 Å². The molecule has 0 aliphatic rings. The van der Waals surface area contributed by atoms with Crippen molar-refractivity contribution < 1.29 is 9.50 Å². The summed E-state index contributed by atoms with van der Waals surface area (Å²) >= 11 is 0. The maximum atomic E-state index is 12.6. The molecule has 0 fully saturated rings. The SMILES string of the molecule is C=CN=C(C(O)NC)[C@@H](C)F. The molecule has 11 heavy (non-hydrogen) atoms. The van der Waals surface area contributed by atoms with Crippen LogP contribution in [0.5, 0.6) is 0 Å².